The molecule has 0 bridgehead atoms. The molecule has 19 heavy (non-hydrogen) atoms. The average Bonchev–Trinajstić information content (AvgIpc) is 2.90. The van der Waals surface area contributed by atoms with Crippen LogP contribution >= 0.6 is 27.3 Å². The molecule has 1 aromatic heterocycles. The third-order valence-electron chi connectivity index (χ3n) is 3.17. The molecule has 0 fully saturated rings. The summed E-state index contributed by atoms with van der Waals surface area (Å²) in [6.07, 6.45) is 0. The second-order valence-corrected chi connectivity index (χ2v) is 6.15. The van der Waals surface area contributed by atoms with E-state index in [4.69, 9.17) is 4.74 Å². The van der Waals surface area contributed by atoms with E-state index in [9.17, 15) is 0 Å². The van der Waals surface area contributed by atoms with Gasteiger partial charge in [-0.05, 0) is 40.1 Å². The Morgan fingerprint density at radius 2 is 1.95 bits per heavy atom. The molecular weight excluding hydrogens is 320 g/mol. The quantitative estimate of drug-likeness (QED) is 0.584. The van der Waals surface area contributed by atoms with Crippen LogP contribution in [0.25, 0.3) is 10.1 Å². The zero-order valence-electron chi connectivity index (χ0n) is 10.5. The van der Waals surface area contributed by atoms with Gasteiger partial charge in [-0.3, -0.25) is 0 Å². The zero-order valence-corrected chi connectivity index (χ0v) is 12.9. The first-order valence-electron chi connectivity index (χ1n) is 6.04. The van der Waals surface area contributed by atoms with Crippen LogP contribution in [0.4, 0.5) is 0 Å². The molecule has 0 aliphatic rings. The van der Waals surface area contributed by atoms with E-state index in [0.717, 1.165) is 5.75 Å². The zero-order chi connectivity index (χ0) is 13.2. The van der Waals surface area contributed by atoms with Crippen LogP contribution in [0.5, 0.6) is 5.75 Å². The van der Waals surface area contributed by atoms with Crippen molar-refractivity contribution in [3.05, 3.63) is 65.0 Å². The monoisotopic (exact) mass is 332 g/mol. The second-order valence-electron chi connectivity index (χ2n) is 4.33. The number of thiophene rings is 1. The van der Waals surface area contributed by atoms with Gasteiger partial charge < -0.3 is 4.74 Å². The average molecular weight is 333 g/mol. The van der Waals surface area contributed by atoms with Crippen molar-refractivity contribution in [3.63, 3.8) is 0 Å². The second kappa shape index (κ2) is 5.35. The van der Waals surface area contributed by atoms with E-state index >= 15 is 0 Å². The van der Waals surface area contributed by atoms with Crippen LogP contribution in [0.15, 0.2) is 53.9 Å². The molecule has 0 saturated carbocycles. The van der Waals surface area contributed by atoms with Crippen molar-refractivity contribution >= 4 is 37.4 Å². The molecule has 3 rings (SSSR count). The van der Waals surface area contributed by atoms with Crippen LogP contribution in [0.2, 0.25) is 0 Å². The Morgan fingerprint density at radius 1 is 1.11 bits per heavy atom. The molecular formula is C16H13BrOS. The van der Waals surface area contributed by atoms with Crippen molar-refractivity contribution in [1.82, 2.24) is 0 Å². The van der Waals surface area contributed by atoms with Crippen LogP contribution in [0.3, 0.4) is 0 Å². The number of hydrogen-bond acceptors (Lipinski definition) is 2. The molecule has 0 spiro atoms. The highest BCUT2D eigenvalue weighted by Crippen LogP contribution is 2.39. The molecule has 1 atom stereocenters. The minimum absolute atomic E-state index is 0.193. The molecule has 1 nitrogen and oxygen atoms in total. The number of methoxy groups -OCH3 is 1. The summed E-state index contributed by atoms with van der Waals surface area (Å²) >= 11 is 5.59. The minimum Gasteiger partial charge on any atom is -0.497 e. The molecule has 2 aromatic carbocycles. The fourth-order valence-corrected chi connectivity index (χ4v) is 4.00. The van der Waals surface area contributed by atoms with Crippen molar-refractivity contribution in [1.29, 1.82) is 0 Å². The fraction of sp³-hybridized carbons (Fsp3) is 0.125. The summed E-state index contributed by atoms with van der Waals surface area (Å²) in [5.41, 5.74) is 2.52. The maximum Gasteiger partial charge on any atom is 0.119 e. The van der Waals surface area contributed by atoms with Crippen LogP contribution in [0, 0.1) is 0 Å². The van der Waals surface area contributed by atoms with E-state index in [-0.39, 0.29) is 4.83 Å². The lowest BCUT2D eigenvalue weighted by atomic mass is 10.0. The molecule has 0 radical (unpaired) electrons. The Balaban J connectivity index is 2.05. The van der Waals surface area contributed by atoms with Crippen LogP contribution in [-0.2, 0) is 0 Å². The van der Waals surface area contributed by atoms with Crippen LogP contribution in [-0.4, -0.2) is 7.11 Å². The Kier molecular flexibility index (Phi) is 3.58. The van der Waals surface area contributed by atoms with Crippen LogP contribution < -0.4 is 4.74 Å². The highest BCUT2D eigenvalue weighted by atomic mass is 79.9. The number of alkyl halides is 1. The number of fused-ring (bicyclic) bond motifs is 1. The molecule has 96 valence electrons. The van der Waals surface area contributed by atoms with Crippen LogP contribution in [0.1, 0.15) is 16.0 Å². The highest BCUT2D eigenvalue weighted by molar-refractivity contribution is 9.09. The summed E-state index contributed by atoms with van der Waals surface area (Å²) < 4.78 is 6.62. The van der Waals surface area contributed by atoms with Gasteiger partial charge in [0.25, 0.3) is 0 Å². The third kappa shape index (κ3) is 2.40. The lowest BCUT2D eigenvalue weighted by molar-refractivity contribution is 0.414. The van der Waals surface area contributed by atoms with Gasteiger partial charge in [0.05, 0.1) is 11.9 Å². The molecule has 0 N–H and O–H groups in total. The SMILES string of the molecule is COc1cccc(C(Br)c2csc3ccccc23)c1. The van der Waals surface area contributed by atoms with Gasteiger partial charge in [0.2, 0.25) is 0 Å². The molecule has 1 heterocycles. The normalized spacial score (nSPS) is 12.5. The molecule has 3 aromatic rings. The van der Waals surface area contributed by atoms with E-state index in [2.05, 4.69) is 57.7 Å². The standard InChI is InChI=1S/C16H13BrOS/c1-18-12-6-4-5-11(9-12)16(17)14-10-19-15-8-3-2-7-13(14)15/h2-10,16H,1H3. The lowest BCUT2D eigenvalue weighted by Gasteiger charge is -2.11. The molecule has 0 saturated heterocycles. The maximum atomic E-state index is 5.29. The number of rotatable bonds is 3. The molecule has 0 aliphatic heterocycles. The third-order valence-corrected chi connectivity index (χ3v) is 5.17. The van der Waals surface area contributed by atoms with Crippen molar-refractivity contribution in [2.24, 2.45) is 0 Å². The Hall–Kier alpha value is -1.32. The first-order valence-corrected chi connectivity index (χ1v) is 7.83. The predicted octanol–water partition coefficient (Wildman–Crippen LogP) is 5.39. The highest BCUT2D eigenvalue weighted by Gasteiger charge is 2.15. The number of hydrogen-bond donors (Lipinski definition) is 0. The Morgan fingerprint density at radius 3 is 2.79 bits per heavy atom. The van der Waals surface area contributed by atoms with E-state index in [0.29, 0.717) is 0 Å². The van der Waals surface area contributed by atoms with E-state index < -0.39 is 0 Å². The number of halogens is 1. The van der Waals surface area contributed by atoms with Crippen molar-refractivity contribution in [2.45, 2.75) is 4.83 Å². The van der Waals surface area contributed by atoms with Gasteiger partial charge in [0.1, 0.15) is 5.75 Å². The van der Waals surface area contributed by atoms with Gasteiger partial charge in [-0.1, -0.05) is 46.3 Å². The summed E-state index contributed by atoms with van der Waals surface area (Å²) in [5, 5.41) is 3.54. The number of benzene rings is 2. The summed E-state index contributed by atoms with van der Waals surface area (Å²) in [6, 6.07) is 16.7. The summed E-state index contributed by atoms with van der Waals surface area (Å²) in [7, 11) is 1.70. The molecule has 1 unspecified atom stereocenters. The smallest absolute Gasteiger partial charge is 0.119 e. The lowest BCUT2D eigenvalue weighted by Crippen LogP contribution is -1.92. The first-order chi connectivity index (χ1) is 9.29. The van der Waals surface area contributed by atoms with Gasteiger partial charge >= 0.3 is 0 Å². The Bertz CT molecular complexity index is 705. The summed E-state index contributed by atoms with van der Waals surface area (Å²) in [4.78, 5) is 0.193. The van der Waals surface area contributed by atoms with E-state index in [1.165, 1.54) is 21.2 Å². The summed E-state index contributed by atoms with van der Waals surface area (Å²) in [5.74, 6) is 0.890. The molecule has 0 amide bonds. The van der Waals surface area contributed by atoms with Gasteiger partial charge in [-0.25, -0.2) is 0 Å². The molecule has 0 aliphatic carbocycles. The van der Waals surface area contributed by atoms with Gasteiger partial charge in [0, 0.05) is 4.70 Å². The van der Waals surface area contributed by atoms with E-state index in [1.807, 2.05) is 12.1 Å². The van der Waals surface area contributed by atoms with E-state index in [1.54, 1.807) is 18.4 Å². The summed E-state index contributed by atoms with van der Waals surface area (Å²) in [6.45, 7) is 0. The van der Waals surface area contributed by atoms with Gasteiger partial charge in [-0.2, -0.15) is 0 Å². The van der Waals surface area contributed by atoms with Crippen molar-refractivity contribution in [2.75, 3.05) is 7.11 Å². The van der Waals surface area contributed by atoms with Gasteiger partial charge in [0.15, 0.2) is 0 Å². The van der Waals surface area contributed by atoms with Crippen molar-refractivity contribution < 1.29 is 4.74 Å². The number of ether oxygens (including phenoxy) is 1. The van der Waals surface area contributed by atoms with Crippen molar-refractivity contribution in [3.8, 4) is 5.75 Å². The topological polar surface area (TPSA) is 9.23 Å². The Labute approximate surface area is 125 Å². The van der Waals surface area contributed by atoms with Gasteiger partial charge in [-0.15, -0.1) is 11.3 Å². The molecule has 3 heteroatoms. The largest absolute Gasteiger partial charge is 0.497 e. The fourth-order valence-electron chi connectivity index (χ4n) is 2.17. The first kappa shape index (κ1) is 12.7. The predicted molar refractivity (Wildman–Crippen MR) is 85.6 cm³/mol. The maximum absolute atomic E-state index is 5.29. The minimum atomic E-state index is 0.193.